The van der Waals surface area contributed by atoms with E-state index in [-0.39, 0.29) is 0 Å². The number of hydrogen-bond acceptors (Lipinski definition) is 0. The van der Waals surface area contributed by atoms with Crippen LogP contribution in [0.2, 0.25) is 0 Å². The molecule has 86 valence electrons. The average molecular weight is 328 g/mol. The third-order valence-corrected chi connectivity index (χ3v) is 4.44. The van der Waals surface area contributed by atoms with Crippen molar-refractivity contribution >= 4 is 31.9 Å². The number of unbranched alkanes of at least 4 members (excludes halogenated alkanes) is 2. The molecule has 0 bridgehead atoms. The van der Waals surface area contributed by atoms with E-state index in [1.165, 1.54) is 51.4 Å². The smallest absolute Gasteiger partial charge is 0.0258 e. The van der Waals surface area contributed by atoms with Crippen molar-refractivity contribution in [1.82, 2.24) is 0 Å². The van der Waals surface area contributed by atoms with Gasteiger partial charge in [0.2, 0.25) is 0 Å². The lowest BCUT2D eigenvalue weighted by molar-refractivity contribution is 0.444. The number of rotatable bonds is 9. The van der Waals surface area contributed by atoms with Crippen molar-refractivity contribution in [2.75, 3.05) is 5.33 Å². The van der Waals surface area contributed by atoms with Crippen LogP contribution in [0.5, 0.6) is 0 Å². The standard InChI is InChI=1S/C12H24Br2/c1-3-5-9-12(14,8-4-2)10-6-7-11-13/h3-11H2,1-2H3. The molecule has 0 aliphatic heterocycles. The van der Waals surface area contributed by atoms with Crippen LogP contribution in [0.3, 0.4) is 0 Å². The lowest BCUT2D eigenvalue weighted by atomic mass is 9.91. The number of alkyl halides is 2. The monoisotopic (exact) mass is 326 g/mol. The van der Waals surface area contributed by atoms with E-state index in [1.807, 2.05) is 0 Å². The molecule has 0 saturated carbocycles. The summed E-state index contributed by atoms with van der Waals surface area (Å²) in [6, 6.07) is 0. The molecule has 0 saturated heterocycles. The fraction of sp³-hybridized carbons (Fsp3) is 1.00. The predicted molar refractivity (Wildman–Crippen MR) is 73.7 cm³/mol. The van der Waals surface area contributed by atoms with Gasteiger partial charge in [0.05, 0.1) is 0 Å². The zero-order valence-electron chi connectivity index (χ0n) is 9.62. The maximum atomic E-state index is 3.96. The van der Waals surface area contributed by atoms with Gasteiger partial charge < -0.3 is 0 Å². The Morgan fingerprint density at radius 1 is 0.857 bits per heavy atom. The SMILES string of the molecule is CCCCC(Br)(CCC)CCCCBr. The third-order valence-electron chi connectivity index (χ3n) is 2.68. The van der Waals surface area contributed by atoms with Crippen LogP contribution in [0.25, 0.3) is 0 Å². The molecule has 1 unspecified atom stereocenters. The molecule has 0 spiro atoms. The summed E-state index contributed by atoms with van der Waals surface area (Å²) in [5, 5.41) is 1.15. The van der Waals surface area contributed by atoms with Crippen molar-refractivity contribution in [2.45, 2.75) is 69.5 Å². The second-order valence-corrected chi connectivity index (χ2v) is 6.63. The highest BCUT2D eigenvalue weighted by Gasteiger charge is 2.23. The fourth-order valence-electron chi connectivity index (χ4n) is 1.85. The molecule has 0 fully saturated rings. The van der Waals surface area contributed by atoms with Crippen LogP contribution in [0, 0.1) is 0 Å². The van der Waals surface area contributed by atoms with Gasteiger partial charge in [0.15, 0.2) is 0 Å². The first-order chi connectivity index (χ1) is 6.68. The minimum Gasteiger partial charge on any atom is -0.0928 e. The van der Waals surface area contributed by atoms with Gasteiger partial charge in [-0.25, -0.2) is 0 Å². The molecule has 2 heteroatoms. The minimum absolute atomic E-state index is 0.444. The minimum atomic E-state index is 0.444. The summed E-state index contributed by atoms with van der Waals surface area (Å²) in [5.74, 6) is 0. The highest BCUT2D eigenvalue weighted by Crippen LogP contribution is 2.35. The van der Waals surface area contributed by atoms with Gasteiger partial charge >= 0.3 is 0 Å². The van der Waals surface area contributed by atoms with Gasteiger partial charge in [-0.05, 0) is 25.7 Å². The van der Waals surface area contributed by atoms with Crippen LogP contribution in [0.1, 0.15) is 65.2 Å². The Kier molecular flexibility index (Phi) is 9.84. The van der Waals surface area contributed by atoms with Crippen LogP contribution < -0.4 is 0 Å². The topological polar surface area (TPSA) is 0 Å². The molecule has 0 N–H and O–H groups in total. The van der Waals surface area contributed by atoms with E-state index in [0.29, 0.717) is 4.32 Å². The van der Waals surface area contributed by atoms with Gasteiger partial charge in [-0.3, -0.25) is 0 Å². The molecule has 14 heavy (non-hydrogen) atoms. The average Bonchev–Trinajstić information content (AvgIpc) is 2.16. The number of hydrogen-bond donors (Lipinski definition) is 0. The molecule has 0 radical (unpaired) electrons. The number of halogens is 2. The first-order valence-corrected chi connectivity index (χ1v) is 7.85. The predicted octanol–water partition coefficient (Wildman–Crippen LogP) is 5.68. The van der Waals surface area contributed by atoms with E-state index in [9.17, 15) is 0 Å². The Morgan fingerprint density at radius 2 is 1.50 bits per heavy atom. The van der Waals surface area contributed by atoms with Crippen molar-refractivity contribution in [3.05, 3.63) is 0 Å². The van der Waals surface area contributed by atoms with Gasteiger partial charge in [-0.1, -0.05) is 71.4 Å². The molecule has 0 aromatic rings. The van der Waals surface area contributed by atoms with Crippen LogP contribution >= 0.6 is 31.9 Å². The van der Waals surface area contributed by atoms with Crippen LogP contribution in [0.4, 0.5) is 0 Å². The molecule has 0 nitrogen and oxygen atoms in total. The van der Waals surface area contributed by atoms with E-state index >= 15 is 0 Å². The Labute approximate surface area is 106 Å². The molecular formula is C12H24Br2. The molecule has 0 heterocycles. The zero-order chi connectivity index (χ0) is 10.9. The molecule has 0 aromatic heterocycles. The maximum absolute atomic E-state index is 3.96. The highest BCUT2D eigenvalue weighted by molar-refractivity contribution is 9.10. The molecule has 0 amide bonds. The molecule has 0 rings (SSSR count). The van der Waals surface area contributed by atoms with Crippen molar-refractivity contribution in [3.8, 4) is 0 Å². The summed E-state index contributed by atoms with van der Waals surface area (Å²) in [7, 11) is 0. The van der Waals surface area contributed by atoms with Gasteiger partial charge in [0, 0.05) is 9.65 Å². The Bertz CT molecular complexity index is 125. The van der Waals surface area contributed by atoms with Gasteiger partial charge in [0.1, 0.15) is 0 Å². The lowest BCUT2D eigenvalue weighted by Crippen LogP contribution is -2.20. The first-order valence-electron chi connectivity index (χ1n) is 5.93. The van der Waals surface area contributed by atoms with Crippen LogP contribution in [0.15, 0.2) is 0 Å². The van der Waals surface area contributed by atoms with E-state index in [4.69, 9.17) is 0 Å². The second-order valence-electron chi connectivity index (χ2n) is 4.15. The van der Waals surface area contributed by atoms with Gasteiger partial charge in [-0.2, -0.15) is 0 Å². The van der Waals surface area contributed by atoms with E-state index in [0.717, 1.165) is 5.33 Å². The Morgan fingerprint density at radius 3 is 2.00 bits per heavy atom. The lowest BCUT2D eigenvalue weighted by Gasteiger charge is -2.27. The molecular weight excluding hydrogens is 304 g/mol. The Hall–Kier alpha value is 0.960. The van der Waals surface area contributed by atoms with Gasteiger partial charge in [0.25, 0.3) is 0 Å². The van der Waals surface area contributed by atoms with Crippen molar-refractivity contribution in [2.24, 2.45) is 0 Å². The zero-order valence-corrected chi connectivity index (χ0v) is 12.8. The normalized spacial score (nSPS) is 15.4. The summed E-state index contributed by atoms with van der Waals surface area (Å²) in [6.07, 6.45) is 10.6. The second kappa shape index (κ2) is 9.21. The van der Waals surface area contributed by atoms with Crippen molar-refractivity contribution in [3.63, 3.8) is 0 Å². The molecule has 0 aliphatic carbocycles. The summed E-state index contributed by atoms with van der Waals surface area (Å²) >= 11 is 7.46. The molecule has 0 aliphatic rings. The third kappa shape index (κ3) is 7.28. The maximum Gasteiger partial charge on any atom is 0.0258 e. The van der Waals surface area contributed by atoms with E-state index in [2.05, 4.69) is 45.7 Å². The van der Waals surface area contributed by atoms with E-state index in [1.54, 1.807) is 0 Å². The molecule has 0 aromatic carbocycles. The van der Waals surface area contributed by atoms with Crippen molar-refractivity contribution in [1.29, 1.82) is 0 Å². The largest absolute Gasteiger partial charge is 0.0928 e. The summed E-state index contributed by atoms with van der Waals surface area (Å²) in [6.45, 7) is 4.56. The fourth-order valence-corrected chi connectivity index (χ4v) is 3.21. The summed E-state index contributed by atoms with van der Waals surface area (Å²) < 4.78 is 0.444. The quantitative estimate of drug-likeness (QED) is 0.377. The first kappa shape index (κ1) is 15.0. The van der Waals surface area contributed by atoms with Gasteiger partial charge in [-0.15, -0.1) is 0 Å². The van der Waals surface area contributed by atoms with Crippen LogP contribution in [-0.4, -0.2) is 9.65 Å². The Balaban J connectivity index is 3.82. The van der Waals surface area contributed by atoms with Crippen molar-refractivity contribution < 1.29 is 0 Å². The summed E-state index contributed by atoms with van der Waals surface area (Å²) in [4.78, 5) is 0. The van der Waals surface area contributed by atoms with Crippen LogP contribution in [-0.2, 0) is 0 Å². The highest BCUT2D eigenvalue weighted by atomic mass is 79.9. The molecule has 1 atom stereocenters. The van der Waals surface area contributed by atoms with E-state index < -0.39 is 0 Å². The summed E-state index contributed by atoms with van der Waals surface area (Å²) in [5.41, 5.74) is 0.